The lowest BCUT2D eigenvalue weighted by Crippen LogP contribution is -1.92. The molecule has 0 saturated heterocycles. The Morgan fingerprint density at radius 1 is 1.73 bits per heavy atom. The Hall–Kier alpha value is -0.650. The van der Waals surface area contributed by atoms with Gasteiger partial charge in [0.2, 0.25) is 0 Å². The van der Waals surface area contributed by atoms with Gasteiger partial charge in [-0.3, -0.25) is 10.1 Å². The first-order chi connectivity index (χ1) is 5.13. The minimum absolute atomic E-state index is 0.160. The van der Waals surface area contributed by atoms with Gasteiger partial charge in [0.05, 0.1) is 4.92 Å². The Labute approximate surface area is 77.7 Å². The van der Waals surface area contributed by atoms with Crippen molar-refractivity contribution in [1.29, 1.82) is 0 Å². The molecule has 57 valence electrons. The standard InChI is InChI=1S/C7H5INO2/c1-5-6(8)3-2-4-7(5)9(10)11/h2,4H,1H3. The first-order valence-electron chi connectivity index (χ1n) is 2.94. The Kier molecular flexibility index (Phi) is 2.43. The summed E-state index contributed by atoms with van der Waals surface area (Å²) in [7, 11) is 0. The number of nitro groups is 1. The fourth-order valence-electron chi connectivity index (χ4n) is 0.737. The smallest absolute Gasteiger partial charge is 0.258 e. The first kappa shape index (κ1) is 8.45. The molecule has 0 aliphatic carbocycles. The van der Waals surface area contributed by atoms with Crippen molar-refractivity contribution in [3.05, 3.63) is 37.4 Å². The number of halogens is 1. The zero-order chi connectivity index (χ0) is 8.43. The van der Waals surface area contributed by atoms with E-state index in [0.29, 0.717) is 5.56 Å². The maximum absolute atomic E-state index is 10.4. The van der Waals surface area contributed by atoms with Crippen molar-refractivity contribution in [3.63, 3.8) is 0 Å². The summed E-state index contributed by atoms with van der Waals surface area (Å²) in [6.07, 6.45) is 0. The van der Waals surface area contributed by atoms with E-state index in [1.807, 2.05) is 22.6 Å². The summed E-state index contributed by atoms with van der Waals surface area (Å²) in [4.78, 5) is 9.98. The fraction of sp³-hybridized carbons (Fsp3) is 0.143. The van der Waals surface area contributed by atoms with Crippen LogP contribution < -0.4 is 0 Å². The molecular formula is C7H5INO2. The van der Waals surface area contributed by atoms with E-state index in [4.69, 9.17) is 0 Å². The molecule has 0 unspecified atom stereocenters. The molecule has 1 aromatic rings. The van der Waals surface area contributed by atoms with Crippen molar-refractivity contribution in [2.45, 2.75) is 6.92 Å². The molecule has 0 amide bonds. The predicted molar refractivity (Wildman–Crippen MR) is 49.4 cm³/mol. The Bertz CT molecular complexity index is 298. The summed E-state index contributed by atoms with van der Waals surface area (Å²) < 4.78 is 0.803. The number of nitrogens with zero attached hydrogens (tertiary/aromatic N) is 1. The number of hydrogen-bond donors (Lipinski definition) is 0. The topological polar surface area (TPSA) is 43.1 Å². The van der Waals surface area contributed by atoms with Crippen LogP contribution in [0.25, 0.3) is 0 Å². The van der Waals surface area contributed by atoms with E-state index < -0.39 is 0 Å². The molecule has 1 radical (unpaired) electrons. The van der Waals surface area contributed by atoms with Crippen molar-refractivity contribution < 1.29 is 4.92 Å². The molecule has 0 aliphatic heterocycles. The van der Waals surface area contributed by atoms with Crippen molar-refractivity contribution >= 4 is 28.3 Å². The predicted octanol–water partition coefficient (Wildman–Crippen LogP) is 2.31. The van der Waals surface area contributed by atoms with Crippen LogP contribution in [-0.4, -0.2) is 4.92 Å². The summed E-state index contributed by atoms with van der Waals surface area (Å²) in [6, 6.07) is 5.90. The van der Waals surface area contributed by atoms with E-state index in [1.165, 1.54) is 6.07 Å². The monoisotopic (exact) mass is 262 g/mol. The van der Waals surface area contributed by atoms with Crippen LogP contribution in [0.3, 0.4) is 0 Å². The van der Waals surface area contributed by atoms with E-state index >= 15 is 0 Å². The normalized spacial score (nSPS) is 9.64. The highest BCUT2D eigenvalue weighted by Gasteiger charge is 2.10. The van der Waals surface area contributed by atoms with Crippen LogP contribution in [0.4, 0.5) is 5.69 Å². The summed E-state index contributed by atoms with van der Waals surface area (Å²) in [5.74, 6) is 0. The second kappa shape index (κ2) is 3.17. The van der Waals surface area contributed by atoms with Gasteiger partial charge in [-0.05, 0) is 41.6 Å². The quantitative estimate of drug-likeness (QED) is 0.442. The minimum Gasteiger partial charge on any atom is -0.258 e. The molecule has 3 nitrogen and oxygen atoms in total. The molecule has 0 spiro atoms. The van der Waals surface area contributed by atoms with Gasteiger partial charge in [-0.2, -0.15) is 0 Å². The highest BCUT2D eigenvalue weighted by Crippen LogP contribution is 2.21. The lowest BCUT2D eigenvalue weighted by atomic mass is 10.2. The maximum Gasteiger partial charge on any atom is 0.273 e. The van der Waals surface area contributed by atoms with Crippen molar-refractivity contribution in [3.8, 4) is 0 Å². The lowest BCUT2D eigenvalue weighted by Gasteiger charge is -1.96. The van der Waals surface area contributed by atoms with Gasteiger partial charge in [0.25, 0.3) is 5.69 Å². The van der Waals surface area contributed by atoms with Crippen molar-refractivity contribution in [2.24, 2.45) is 0 Å². The van der Waals surface area contributed by atoms with Gasteiger partial charge in [-0.25, -0.2) is 0 Å². The molecule has 0 heterocycles. The molecule has 0 aliphatic rings. The fourth-order valence-corrected chi connectivity index (χ4v) is 1.19. The Balaban J connectivity index is 3.27. The van der Waals surface area contributed by atoms with Gasteiger partial charge in [0, 0.05) is 15.2 Å². The largest absolute Gasteiger partial charge is 0.273 e. The third kappa shape index (κ3) is 1.68. The maximum atomic E-state index is 10.4. The van der Waals surface area contributed by atoms with E-state index in [9.17, 15) is 10.1 Å². The molecule has 0 aromatic heterocycles. The second-order valence-electron chi connectivity index (χ2n) is 2.06. The van der Waals surface area contributed by atoms with Crippen LogP contribution in [-0.2, 0) is 0 Å². The van der Waals surface area contributed by atoms with Crippen LogP contribution in [0.15, 0.2) is 12.1 Å². The number of hydrogen-bond acceptors (Lipinski definition) is 2. The van der Waals surface area contributed by atoms with Gasteiger partial charge in [-0.1, -0.05) is 0 Å². The van der Waals surface area contributed by atoms with Crippen LogP contribution >= 0.6 is 22.6 Å². The van der Waals surface area contributed by atoms with Crippen molar-refractivity contribution in [2.75, 3.05) is 0 Å². The average Bonchev–Trinajstić information content (AvgIpc) is 1.94. The Morgan fingerprint density at radius 2 is 2.36 bits per heavy atom. The van der Waals surface area contributed by atoms with Gasteiger partial charge in [0.15, 0.2) is 0 Å². The third-order valence-electron chi connectivity index (χ3n) is 1.36. The zero-order valence-electron chi connectivity index (χ0n) is 5.80. The average molecular weight is 262 g/mol. The van der Waals surface area contributed by atoms with Gasteiger partial charge in [0.1, 0.15) is 0 Å². The molecule has 11 heavy (non-hydrogen) atoms. The molecule has 1 rings (SSSR count). The molecule has 0 saturated carbocycles. The molecular weight excluding hydrogens is 257 g/mol. The highest BCUT2D eigenvalue weighted by molar-refractivity contribution is 14.1. The second-order valence-corrected chi connectivity index (χ2v) is 3.14. The molecule has 0 bridgehead atoms. The summed E-state index contributed by atoms with van der Waals surface area (Å²) in [6.45, 7) is 1.72. The minimum atomic E-state index is -0.384. The molecule has 4 heteroatoms. The van der Waals surface area contributed by atoms with Crippen LogP contribution in [0.5, 0.6) is 0 Å². The van der Waals surface area contributed by atoms with Gasteiger partial charge >= 0.3 is 0 Å². The van der Waals surface area contributed by atoms with E-state index in [-0.39, 0.29) is 10.6 Å². The summed E-state index contributed by atoms with van der Waals surface area (Å²) in [5, 5.41) is 10.4. The van der Waals surface area contributed by atoms with Crippen molar-refractivity contribution in [1.82, 2.24) is 0 Å². The van der Waals surface area contributed by atoms with Crippen LogP contribution in [0, 0.1) is 26.7 Å². The van der Waals surface area contributed by atoms with Gasteiger partial charge < -0.3 is 0 Å². The number of benzene rings is 1. The Morgan fingerprint density at radius 3 is 2.82 bits per heavy atom. The molecule has 1 aromatic carbocycles. The lowest BCUT2D eigenvalue weighted by molar-refractivity contribution is -0.385. The molecule has 0 fully saturated rings. The highest BCUT2D eigenvalue weighted by atomic mass is 127. The SMILES string of the molecule is Cc1c(I)[c]ccc1[N+](=O)[O-]. The first-order valence-corrected chi connectivity index (χ1v) is 4.02. The van der Waals surface area contributed by atoms with E-state index in [0.717, 1.165) is 3.57 Å². The zero-order valence-corrected chi connectivity index (χ0v) is 7.95. The van der Waals surface area contributed by atoms with E-state index in [2.05, 4.69) is 6.07 Å². The van der Waals surface area contributed by atoms with Gasteiger partial charge in [-0.15, -0.1) is 0 Å². The summed E-state index contributed by atoms with van der Waals surface area (Å²) in [5.41, 5.74) is 0.839. The summed E-state index contributed by atoms with van der Waals surface area (Å²) >= 11 is 2.02. The molecule has 0 atom stereocenters. The van der Waals surface area contributed by atoms with E-state index in [1.54, 1.807) is 13.0 Å². The van der Waals surface area contributed by atoms with Crippen LogP contribution in [0.1, 0.15) is 5.56 Å². The number of nitro benzene ring substituents is 1. The third-order valence-corrected chi connectivity index (χ3v) is 2.48. The number of rotatable bonds is 1. The molecule has 0 N–H and O–H groups in total. The van der Waals surface area contributed by atoms with Crippen LogP contribution in [0.2, 0.25) is 0 Å².